The summed E-state index contributed by atoms with van der Waals surface area (Å²) in [5.74, 6) is 1.87. The van der Waals surface area contributed by atoms with Gasteiger partial charge in [-0.25, -0.2) is 0 Å². The Morgan fingerprint density at radius 1 is 1.19 bits per heavy atom. The van der Waals surface area contributed by atoms with E-state index < -0.39 is 0 Å². The topological polar surface area (TPSA) is 20.3 Å². The summed E-state index contributed by atoms with van der Waals surface area (Å²) in [7, 11) is 0. The van der Waals surface area contributed by atoms with Gasteiger partial charge in [-0.3, -0.25) is 4.79 Å². The Morgan fingerprint density at radius 3 is 2.81 bits per heavy atom. The molecule has 0 spiro atoms. The van der Waals surface area contributed by atoms with Crippen LogP contribution in [0.25, 0.3) is 0 Å². The zero-order valence-electron chi connectivity index (χ0n) is 9.96. The SMILES string of the molecule is O=C(CCCCCl)N1CCCC2CCCC21. The van der Waals surface area contributed by atoms with Crippen LogP contribution in [0.3, 0.4) is 0 Å². The maximum atomic E-state index is 12.1. The first-order chi connectivity index (χ1) is 7.83. The fourth-order valence-electron chi connectivity index (χ4n) is 3.28. The second-order valence-electron chi connectivity index (χ2n) is 5.13. The molecule has 2 fully saturated rings. The molecule has 3 heteroatoms. The first kappa shape index (κ1) is 12.2. The van der Waals surface area contributed by atoms with Crippen LogP contribution < -0.4 is 0 Å². The molecule has 0 aromatic rings. The van der Waals surface area contributed by atoms with Crippen LogP contribution in [0.5, 0.6) is 0 Å². The third-order valence-corrected chi connectivity index (χ3v) is 4.36. The van der Waals surface area contributed by atoms with Gasteiger partial charge in [-0.1, -0.05) is 6.42 Å². The number of rotatable bonds is 4. The normalized spacial score (nSPS) is 29.2. The molecule has 1 heterocycles. The summed E-state index contributed by atoms with van der Waals surface area (Å²) in [6, 6.07) is 0.581. The van der Waals surface area contributed by atoms with Crippen LogP contribution in [0.2, 0.25) is 0 Å². The van der Waals surface area contributed by atoms with Gasteiger partial charge in [-0.05, 0) is 44.4 Å². The molecular formula is C13H22ClNO. The van der Waals surface area contributed by atoms with Crippen molar-refractivity contribution in [3.05, 3.63) is 0 Å². The predicted molar refractivity (Wildman–Crippen MR) is 66.6 cm³/mol. The van der Waals surface area contributed by atoms with Crippen molar-refractivity contribution in [1.82, 2.24) is 4.90 Å². The van der Waals surface area contributed by atoms with E-state index in [0.29, 0.717) is 24.2 Å². The van der Waals surface area contributed by atoms with E-state index in [0.717, 1.165) is 25.3 Å². The van der Waals surface area contributed by atoms with Crippen LogP contribution >= 0.6 is 11.6 Å². The Bertz CT molecular complexity index is 244. The van der Waals surface area contributed by atoms with Crippen LogP contribution in [-0.4, -0.2) is 29.3 Å². The van der Waals surface area contributed by atoms with E-state index in [9.17, 15) is 4.79 Å². The zero-order chi connectivity index (χ0) is 11.4. The van der Waals surface area contributed by atoms with Crippen LogP contribution in [-0.2, 0) is 4.79 Å². The molecule has 2 nitrogen and oxygen atoms in total. The predicted octanol–water partition coefficient (Wildman–Crippen LogP) is 3.19. The van der Waals surface area contributed by atoms with Crippen molar-refractivity contribution in [2.24, 2.45) is 5.92 Å². The monoisotopic (exact) mass is 243 g/mol. The van der Waals surface area contributed by atoms with Crippen LogP contribution in [0.4, 0.5) is 0 Å². The van der Waals surface area contributed by atoms with Crippen LogP contribution in [0, 0.1) is 5.92 Å². The van der Waals surface area contributed by atoms with Crippen molar-refractivity contribution in [3.63, 3.8) is 0 Å². The van der Waals surface area contributed by atoms with Crippen molar-refractivity contribution in [1.29, 1.82) is 0 Å². The minimum atomic E-state index is 0.377. The maximum absolute atomic E-state index is 12.1. The fraction of sp³-hybridized carbons (Fsp3) is 0.923. The quantitative estimate of drug-likeness (QED) is 0.549. The second kappa shape index (κ2) is 5.90. The molecule has 0 N–H and O–H groups in total. The van der Waals surface area contributed by atoms with E-state index in [1.54, 1.807) is 0 Å². The molecule has 2 atom stereocenters. The van der Waals surface area contributed by atoms with Crippen molar-refractivity contribution < 1.29 is 4.79 Å². The number of halogens is 1. The number of amides is 1. The highest BCUT2D eigenvalue weighted by Gasteiger charge is 2.36. The minimum absolute atomic E-state index is 0.377. The lowest BCUT2D eigenvalue weighted by atomic mass is 9.91. The Hall–Kier alpha value is -0.240. The summed E-state index contributed by atoms with van der Waals surface area (Å²) >= 11 is 5.63. The number of alkyl halides is 1. The number of hydrogen-bond acceptors (Lipinski definition) is 1. The van der Waals surface area contributed by atoms with Crippen molar-refractivity contribution in [3.8, 4) is 0 Å². The van der Waals surface area contributed by atoms with E-state index in [2.05, 4.69) is 4.90 Å². The molecule has 0 bridgehead atoms. The molecule has 1 amide bonds. The van der Waals surface area contributed by atoms with Gasteiger partial charge < -0.3 is 4.90 Å². The number of unbranched alkanes of at least 4 members (excludes halogenated alkanes) is 1. The van der Waals surface area contributed by atoms with Gasteiger partial charge in [0.1, 0.15) is 0 Å². The molecule has 1 saturated carbocycles. The highest BCUT2D eigenvalue weighted by molar-refractivity contribution is 6.17. The van der Waals surface area contributed by atoms with Gasteiger partial charge >= 0.3 is 0 Å². The van der Waals surface area contributed by atoms with E-state index in [1.807, 2.05) is 0 Å². The van der Waals surface area contributed by atoms with E-state index in [-0.39, 0.29) is 0 Å². The lowest BCUT2D eigenvalue weighted by Gasteiger charge is -2.38. The number of carbonyl (C=O) groups is 1. The molecule has 1 aliphatic heterocycles. The lowest BCUT2D eigenvalue weighted by Crippen LogP contribution is -2.46. The highest BCUT2D eigenvalue weighted by atomic mass is 35.5. The second-order valence-corrected chi connectivity index (χ2v) is 5.51. The molecule has 0 aromatic heterocycles. The third-order valence-electron chi connectivity index (χ3n) is 4.09. The molecule has 2 unspecified atom stereocenters. The molecular weight excluding hydrogens is 222 g/mol. The number of hydrogen-bond donors (Lipinski definition) is 0. The number of piperidine rings is 1. The molecule has 0 aromatic carbocycles. The summed E-state index contributed by atoms with van der Waals surface area (Å²) in [4.78, 5) is 14.3. The number of likely N-dealkylation sites (tertiary alicyclic amines) is 1. The lowest BCUT2D eigenvalue weighted by molar-refractivity contribution is -0.135. The summed E-state index contributed by atoms with van der Waals surface area (Å²) in [6.45, 7) is 1.00. The largest absolute Gasteiger partial charge is 0.339 e. The summed E-state index contributed by atoms with van der Waals surface area (Å²) in [5, 5.41) is 0. The summed E-state index contributed by atoms with van der Waals surface area (Å²) in [6.07, 6.45) is 9.09. The summed E-state index contributed by atoms with van der Waals surface area (Å²) < 4.78 is 0. The van der Waals surface area contributed by atoms with Gasteiger partial charge in [0.05, 0.1) is 0 Å². The molecule has 2 rings (SSSR count). The van der Waals surface area contributed by atoms with E-state index in [4.69, 9.17) is 11.6 Å². The van der Waals surface area contributed by atoms with Crippen molar-refractivity contribution >= 4 is 17.5 Å². The van der Waals surface area contributed by atoms with E-state index in [1.165, 1.54) is 32.1 Å². The molecule has 1 saturated heterocycles. The third kappa shape index (κ3) is 2.71. The average Bonchev–Trinajstić information content (AvgIpc) is 2.76. The Balaban J connectivity index is 1.84. The molecule has 1 aliphatic carbocycles. The van der Waals surface area contributed by atoms with Gasteiger partial charge in [-0.15, -0.1) is 11.6 Å². The van der Waals surface area contributed by atoms with Crippen molar-refractivity contribution in [2.45, 2.75) is 57.4 Å². The highest BCUT2D eigenvalue weighted by Crippen LogP contribution is 2.37. The summed E-state index contributed by atoms with van der Waals surface area (Å²) in [5.41, 5.74) is 0. The molecule has 0 radical (unpaired) electrons. The molecule has 16 heavy (non-hydrogen) atoms. The minimum Gasteiger partial charge on any atom is -0.339 e. The van der Waals surface area contributed by atoms with Gasteiger partial charge in [0.15, 0.2) is 0 Å². The van der Waals surface area contributed by atoms with Crippen molar-refractivity contribution in [2.75, 3.05) is 12.4 Å². The van der Waals surface area contributed by atoms with E-state index >= 15 is 0 Å². The first-order valence-corrected chi connectivity index (χ1v) is 7.22. The van der Waals surface area contributed by atoms with Gasteiger partial charge in [-0.2, -0.15) is 0 Å². The standard InChI is InChI=1S/C13H22ClNO/c14-9-2-1-8-13(16)15-10-4-6-11-5-3-7-12(11)15/h11-12H,1-10H2. The Labute approximate surface area is 103 Å². The average molecular weight is 244 g/mol. The zero-order valence-corrected chi connectivity index (χ0v) is 10.7. The first-order valence-electron chi connectivity index (χ1n) is 6.68. The maximum Gasteiger partial charge on any atom is 0.222 e. The Kier molecular flexibility index (Phi) is 4.51. The number of carbonyl (C=O) groups excluding carboxylic acids is 1. The van der Waals surface area contributed by atoms with Crippen LogP contribution in [0.1, 0.15) is 51.4 Å². The van der Waals surface area contributed by atoms with Gasteiger partial charge in [0, 0.05) is 24.9 Å². The smallest absolute Gasteiger partial charge is 0.222 e. The Morgan fingerprint density at radius 2 is 2.00 bits per heavy atom. The van der Waals surface area contributed by atoms with Crippen LogP contribution in [0.15, 0.2) is 0 Å². The van der Waals surface area contributed by atoms with Gasteiger partial charge in [0.25, 0.3) is 0 Å². The van der Waals surface area contributed by atoms with Gasteiger partial charge in [0.2, 0.25) is 5.91 Å². The number of fused-ring (bicyclic) bond motifs is 1. The fourth-order valence-corrected chi connectivity index (χ4v) is 3.47. The molecule has 92 valence electrons. The number of nitrogens with zero attached hydrogens (tertiary/aromatic N) is 1. The molecule has 2 aliphatic rings.